The predicted octanol–water partition coefficient (Wildman–Crippen LogP) is 2.08. The van der Waals surface area contributed by atoms with Crippen molar-refractivity contribution in [1.29, 1.82) is 0 Å². The molecule has 0 aromatic carbocycles. The van der Waals surface area contributed by atoms with Crippen LogP contribution in [0.2, 0.25) is 0 Å². The standard InChI is InChI=1S/C10H18F3NO/c1-8-7-14-6-5-9(8,15)3-2-4-10(11,12)13/h8,14-15H,2-7H2,1H3. The van der Waals surface area contributed by atoms with E-state index in [2.05, 4.69) is 5.32 Å². The average molecular weight is 225 g/mol. The largest absolute Gasteiger partial charge is 0.390 e. The first-order valence-corrected chi connectivity index (χ1v) is 5.33. The summed E-state index contributed by atoms with van der Waals surface area (Å²) in [6, 6.07) is 0. The molecular weight excluding hydrogens is 207 g/mol. The van der Waals surface area contributed by atoms with Gasteiger partial charge in [0.1, 0.15) is 0 Å². The van der Waals surface area contributed by atoms with E-state index in [4.69, 9.17) is 0 Å². The molecule has 2 atom stereocenters. The molecule has 1 fully saturated rings. The van der Waals surface area contributed by atoms with Crippen molar-refractivity contribution in [3.05, 3.63) is 0 Å². The van der Waals surface area contributed by atoms with Gasteiger partial charge in [0.25, 0.3) is 0 Å². The second-order valence-corrected chi connectivity index (χ2v) is 4.43. The molecular formula is C10H18F3NO. The van der Waals surface area contributed by atoms with Crippen molar-refractivity contribution in [2.75, 3.05) is 13.1 Å². The predicted molar refractivity (Wildman–Crippen MR) is 51.5 cm³/mol. The summed E-state index contributed by atoms with van der Waals surface area (Å²) in [5, 5.41) is 13.2. The Hall–Kier alpha value is -0.290. The van der Waals surface area contributed by atoms with Crippen LogP contribution >= 0.6 is 0 Å². The lowest BCUT2D eigenvalue weighted by Gasteiger charge is -2.38. The molecule has 1 saturated heterocycles. The molecule has 90 valence electrons. The van der Waals surface area contributed by atoms with Crippen LogP contribution in [0.1, 0.15) is 32.6 Å². The molecule has 0 amide bonds. The number of halogens is 3. The van der Waals surface area contributed by atoms with E-state index in [1.807, 2.05) is 6.92 Å². The Bertz CT molecular complexity index is 207. The Labute approximate surface area is 87.9 Å². The highest BCUT2D eigenvalue weighted by atomic mass is 19.4. The van der Waals surface area contributed by atoms with Crippen LogP contribution in [0.3, 0.4) is 0 Å². The molecule has 1 aliphatic heterocycles. The smallest absolute Gasteiger partial charge is 0.389 e. The van der Waals surface area contributed by atoms with E-state index in [-0.39, 0.29) is 18.8 Å². The number of hydrogen-bond donors (Lipinski definition) is 2. The van der Waals surface area contributed by atoms with E-state index >= 15 is 0 Å². The Morgan fingerprint density at radius 3 is 2.67 bits per heavy atom. The van der Waals surface area contributed by atoms with Gasteiger partial charge in [-0.2, -0.15) is 13.2 Å². The zero-order chi connectivity index (χ0) is 11.5. The van der Waals surface area contributed by atoms with E-state index in [1.165, 1.54) is 0 Å². The first kappa shape index (κ1) is 12.8. The van der Waals surface area contributed by atoms with Crippen LogP contribution in [-0.2, 0) is 0 Å². The number of nitrogens with one attached hydrogen (secondary N) is 1. The Kier molecular flexibility index (Phi) is 4.00. The maximum Gasteiger partial charge on any atom is 0.389 e. The summed E-state index contributed by atoms with van der Waals surface area (Å²) in [5.74, 6) is 0.0273. The minimum atomic E-state index is -4.10. The second-order valence-electron chi connectivity index (χ2n) is 4.43. The van der Waals surface area contributed by atoms with Gasteiger partial charge >= 0.3 is 6.18 Å². The summed E-state index contributed by atoms with van der Waals surface area (Å²) in [6.07, 6.45) is -4.09. The van der Waals surface area contributed by atoms with Gasteiger partial charge in [0, 0.05) is 13.0 Å². The Morgan fingerprint density at radius 2 is 2.13 bits per heavy atom. The number of aliphatic hydroxyl groups is 1. The van der Waals surface area contributed by atoms with Crippen molar-refractivity contribution in [3.8, 4) is 0 Å². The van der Waals surface area contributed by atoms with Crippen molar-refractivity contribution in [3.63, 3.8) is 0 Å². The highest BCUT2D eigenvalue weighted by Crippen LogP contribution is 2.32. The van der Waals surface area contributed by atoms with Crippen LogP contribution in [0.5, 0.6) is 0 Å². The molecule has 0 spiro atoms. The lowest BCUT2D eigenvalue weighted by atomic mass is 9.79. The summed E-state index contributed by atoms with van der Waals surface area (Å²) in [7, 11) is 0. The van der Waals surface area contributed by atoms with Crippen LogP contribution in [0, 0.1) is 5.92 Å². The number of rotatable bonds is 3. The molecule has 2 N–H and O–H groups in total. The fourth-order valence-corrected chi connectivity index (χ4v) is 2.03. The highest BCUT2D eigenvalue weighted by molar-refractivity contribution is 4.89. The molecule has 0 bridgehead atoms. The lowest BCUT2D eigenvalue weighted by Crippen LogP contribution is -2.49. The first-order chi connectivity index (χ1) is 6.83. The molecule has 2 unspecified atom stereocenters. The van der Waals surface area contributed by atoms with Crippen LogP contribution in [0.25, 0.3) is 0 Å². The fourth-order valence-electron chi connectivity index (χ4n) is 2.03. The molecule has 1 rings (SSSR count). The minimum absolute atomic E-state index is 0.0182. The number of piperidine rings is 1. The fraction of sp³-hybridized carbons (Fsp3) is 1.00. The van der Waals surface area contributed by atoms with Crippen molar-refractivity contribution in [1.82, 2.24) is 5.32 Å². The van der Waals surface area contributed by atoms with Crippen molar-refractivity contribution in [2.24, 2.45) is 5.92 Å². The van der Waals surface area contributed by atoms with Gasteiger partial charge in [0.15, 0.2) is 0 Å². The normalized spacial score (nSPS) is 33.0. The monoisotopic (exact) mass is 225 g/mol. The quantitative estimate of drug-likeness (QED) is 0.770. The van der Waals surface area contributed by atoms with Gasteiger partial charge in [0.05, 0.1) is 5.60 Å². The molecule has 0 aromatic rings. The van der Waals surface area contributed by atoms with Gasteiger partial charge in [-0.3, -0.25) is 0 Å². The van der Waals surface area contributed by atoms with Crippen LogP contribution in [0.4, 0.5) is 13.2 Å². The average Bonchev–Trinajstić information content (AvgIpc) is 2.08. The van der Waals surface area contributed by atoms with Crippen LogP contribution in [0.15, 0.2) is 0 Å². The van der Waals surface area contributed by atoms with Gasteiger partial charge in [-0.1, -0.05) is 6.92 Å². The maximum atomic E-state index is 11.9. The van der Waals surface area contributed by atoms with Gasteiger partial charge in [0.2, 0.25) is 0 Å². The number of alkyl halides is 3. The number of hydrogen-bond acceptors (Lipinski definition) is 2. The summed E-state index contributed by atoms with van der Waals surface area (Å²) in [6.45, 7) is 3.25. The van der Waals surface area contributed by atoms with E-state index < -0.39 is 18.2 Å². The van der Waals surface area contributed by atoms with E-state index in [0.29, 0.717) is 19.5 Å². The van der Waals surface area contributed by atoms with Crippen LogP contribution < -0.4 is 5.32 Å². The van der Waals surface area contributed by atoms with Crippen molar-refractivity contribution < 1.29 is 18.3 Å². The molecule has 1 heterocycles. The molecule has 0 radical (unpaired) electrons. The molecule has 2 nitrogen and oxygen atoms in total. The van der Waals surface area contributed by atoms with Gasteiger partial charge in [-0.15, -0.1) is 0 Å². The summed E-state index contributed by atoms with van der Waals surface area (Å²) < 4.78 is 35.8. The van der Waals surface area contributed by atoms with Crippen molar-refractivity contribution in [2.45, 2.75) is 44.4 Å². The SMILES string of the molecule is CC1CNCCC1(O)CCCC(F)(F)F. The lowest BCUT2D eigenvalue weighted by molar-refractivity contribution is -0.139. The minimum Gasteiger partial charge on any atom is -0.390 e. The third-order valence-corrected chi connectivity index (χ3v) is 3.17. The Morgan fingerprint density at radius 1 is 1.47 bits per heavy atom. The molecule has 1 aliphatic rings. The second kappa shape index (κ2) is 4.70. The molecule has 0 saturated carbocycles. The van der Waals surface area contributed by atoms with Crippen LogP contribution in [-0.4, -0.2) is 30.0 Å². The van der Waals surface area contributed by atoms with E-state index in [0.717, 1.165) is 0 Å². The van der Waals surface area contributed by atoms with E-state index in [1.54, 1.807) is 0 Å². The zero-order valence-corrected chi connectivity index (χ0v) is 8.90. The van der Waals surface area contributed by atoms with Gasteiger partial charge in [-0.25, -0.2) is 0 Å². The summed E-state index contributed by atoms with van der Waals surface area (Å²) >= 11 is 0. The topological polar surface area (TPSA) is 32.3 Å². The maximum absolute atomic E-state index is 11.9. The highest BCUT2D eigenvalue weighted by Gasteiger charge is 2.36. The summed E-state index contributed by atoms with van der Waals surface area (Å²) in [4.78, 5) is 0. The van der Waals surface area contributed by atoms with E-state index in [9.17, 15) is 18.3 Å². The zero-order valence-electron chi connectivity index (χ0n) is 8.90. The molecule has 5 heteroatoms. The summed E-state index contributed by atoms with van der Waals surface area (Å²) in [5.41, 5.74) is -0.906. The third-order valence-electron chi connectivity index (χ3n) is 3.17. The van der Waals surface area contributed by atoms with Gasteiger partial charge < -0.3 is 10.4 Å². The van der Waals surface area contributed by atoms with Crippen molar-refractivity contribution >= 4 is 0 Å². The molecule has 0 aromatic heterocycles. The molecule has 15 heavy (non-hydrogen) atoms. The van der Waals surface area contributed by atoms with Gasteiger partial charge in [-0.05, 0) is 31.7 Å². The third kappa shape index (κ3) is 3.99. The first-order valence-electron chi connectivity index (χ1n) is 5.33. The molecule has 0 aliphatic carbocycles. The Balaban J connectivity index is 2.35.